The third-order valence-corrected chi connectivity index (χ3v) is 15.9. The molecule has 31 heavy (non-hydrogen) atoms. The Hall–Kier alpha value is -1.99. The third-order valence-electron chi connectivity index (χ3n) is 6.80. The molecule has 5 heteroatoms. The largest absolute Gasteiger partial charge is 0.544 e. The molecule has 2 aromatic carbocycles. The number of rotatable bonds is 12. The van der Waals surface area contributed by atoms with E-state index < -0.39 is 16.6 Å². The van der Waals surface area contributed by atoms with Crippen LogP contribution in [0.5, 0.6) is 17.2 Å². The van der Waals surface area contributed by atoms with Crippen LogP contribution in [-0.4, -0.2) is 21.7 Å². The van der Waals surface area contributed by atoms with Gasteiger partial charge in [-0.25, -0.2) is 0 Å². The van der Waals surface area contributed by atoms with Gasteiger partial charge in [0.15, 0.2) is 0 Å². The maximum Gasteiger partial charge on any atom is 0.250 e. The van der Waals surface area contributed by atoms with Gasteiger partial charge in [0.2, 0.25) is 16.6 Å². The number of phenolic OH excluding ortho intramolecular Hbond substituents is 1. The minimum Gasteiger partial charge on any atom is -0.544 e. The van der Waals surface area contributed by atoms with Crippen LogP contribution in [-0.2, 0) is 0 Å². The molecule has 0 aliphatic carbocycles. The Balaban J connectivity index is 2.16. The van der Waals surface area contributed by atoms with Crippen molar-refractivity contribution in [1.82, 2.24) is 0 Å². The van der Waals surface area contributed by atoms with Gasteiger partial charge < -0.3 is 14.0 Å². The molecule has 0 aromatic heterocycles. The molecule has 2 aromatic rings. The van der Waals surface area contributed by atoms with Gasteiger partial charge in [-0.3, -0.25) is 0 Å². The molecule has 0 fully saturated rings. The normalized spacial score (nSPS) is 12.3. The lowest BCUT2D eigenvalue weighted by atomic mass is 10.1. The summed E-state index contributed by atoms with van der Waals surface area (Å²) in [5.41, 5.74) is 2.05. The van der Waals surface area contributed by atoms with E-state index in [9.17, 15) is 5.11 Å². The van der Waals surface area contributed by atoms with E-state index in [0.29, 0.717) is 0 Å². The highest BCUT2D eigenvalue weighted by molar-refractivity contribution is 6.74. The van der Waals surface area contributed by atoms with Crippen LogP contribution in [0.25, 0.3) is 12.2 Å². The first-order valence-corrected chi connectivity index (χ1v) is 16.9. The standard InChI is InChI=1S/C26H40O3Si2/c1-7-30(8-2,9-3)28-25-17-15-22(16-18-25)13-14-23-19-24(27)21-26(20-23)29-31(10-4,11-5)12-6/h13-21,27H,7-12H2,1-6H3/b14-13+. The number of hydrogen-bond donors (Lipinski definition) is 1. The van der Waals surface area contributed by atoms with Gasteiger partial charge in [0.05, 0.1) is 0 Å². The van der Waals surface area contributed by atoms with Gasteiger partial charge >= 0.3 is 0 Å². The molecule has 0 radical (unpaired) electrons. The molecular weight excluding hydrogens is 416 g/mol. The molecule has 3 nitrogen and oxygen atoms in total. The summed E-state index contributed by atoms with van der Waals surface area (Å²) in [6, 6.07) is 20.5. The Morgan fingerprint density at radius 2 is 1.06 bits per heavy atom. The highest BCUT2D eigenvalue weighted by Gasteiger charge is 2.31. The van der Waals surface area contributed by atoms with E-state index in [0.717, 1.165) is 58.9 Å². The lowest BCUT2D eigenvalue weighted by molar-refractivity contribution is 0.467. The molecule has 1 N–H and O–H groups in total. The van der Waals surface area contributed by atoms with Gasteiger partial charge in [0.25, 0.3) is 0 Å². The summed E-state index contributed by atoms with van der Waals surface area (Å²) in [4.78, 5) is 0. The minimum atomic E-state index is -1.77. The van der Waals surface area contributed by atoms with Crippen molar-refractivity contribution in [3.63, 3.8) is 0 Å². The monoisotopic (exact) mass is 456 g/mol. The van der Waals surface area contributed by atoms with Crippen LogP contribution in [0.3, 0.4) is 0 Å². The van der Waals surface area contributed by atoms with E-state index in [1.54, 1.807) is 12.1 Å². The van der Waals surface area contributed by atoms with Crippen molar-refractivity contribution in [1.29, 1.82) is 0 Å². The first-order valence-electron chi connectivity index (χ1n) is 11.9. The van der Waals surface area contributed by atoms with Crippen LogP contribution in [0.1, 0.15) is 52.7 Å². The third kappa shape index (κ3) is 6.75. The predicted octanol–water partition coefficient (Wildman–Crippen LogP) is 8.33. The molecule has 0 amide bonds. The van der Waals surface area contributed by atoms with Crippen molar-refractivity contribution >= 4 is 28.8 Å². The summed E-state index contributed by atoms with van der Waals surface area (Å²) in [6.45, 7) is 13.4. The van der Waals surface area contributed by atoms with Crippen LogP contribution in [0.15, 0.2) is 42.5 Å². The molecule has 2 rings (SSSR count). The second-order valence-electron chi connectivity index (χ2n) is 8.35. The van der Waals surface area contributed by atoms with Gasteiger partial charge in [-0.2, -0.15) is 0 Å². The molecule has 0 bridgehead atoms. The van der Waals surface area contributed by atoms with Crippen molar-refractivity contribution in [2.45, 2.75) is 77.8 Å². The fraction of sp³-hybridized carbons (Fsp3) is 0.462. The fourth-order valence-corrected chi connectivity index (χ4v) is 9.15. The smallest absolute Gasteiger partial charge is 0.250 e. The zero-order valence-electron chi connectivity index (χ0n) is 20.2. The van der Waals surface area contributed by atoms with Gasteiger partial charge in [-0.1, -0.05) is 65.8 Å². The molecule has 0 saturated heterocycles. The summed E-state index contributed by atoms with van der Waals surface area (Å²) >= 11 is 0. The number of aromatic hydroxyl groups is 1. The van der Waals surface area contributed by atoms with E-state index in [1.165, 1.54) is 0 Å². The summed E-state index contributed by atoms with van der Waals surface area (Å²) in [6.07, 6.45) is 4.09. The maximum atomic E-state index is 10.2. The zero-order valence-corrected chi connectivity index (χ0v) is 22.2. The molecule has 0 saturated carbocycles. The van der Waals surface area contributed by atoms with E-state index in [4.69, 9.17) is 8.85 Å². The molecule has 0 aliphatic rings. The Kier molecular flexibility index (Phi) is 9.44. The fourth-order valence-electron chi connectivity index (χ4n) is 4.03. The van der Waals surface area contributed by atoms with E-state index >= 15 is 0 Å². The Labute approximate surface area is 191 Å². The first-order chi connectivity index (χ1) is 14.9. The van der Waals surface area contributed by atoms with Crippen LogP contribution in [0.2, 0.25) is 36.3 Å². The van der Waals surface area contributed by atoms with Crippen molar-refractivity contribution < 1.29 is 14.0 Å². The molecule has 170 valence electrons. The molecular formula is C26H40O3Si2. The summed E-state index contributed by atoms with van der Waals surface area (Å²) in [5.74, 6) is 2.00. The number of benzene rings is 2. The zero-order chi connectivity index (χ0) is 22.9. The second-order valence-corrected chi connectivity index (χ2v) is 17.7. The average molecular weight is 457 g/mol. The Morgan fingerprint density at radius 1 is 0.613 bits per heavy atom. The van der Waals surface area contributed by atoms with Crippen molar-refractivity contribution in [2.75, 3.05) is 0 Å². The molecule has 0 unspecified atom stereocenters. The second kappa shape index (κ2) is 11.6. The van der Waals surface area contributed by atoms with Crippen LogP contribution in [0, 0.1) is 0 Å². The summed E-state index contributed by atoms with van der Waals surface area (Å²) in [5, 5.41) is 10.2. The quantitative estimate of drug-likeness (QED) is 0.258. The van der Waals surface area contributed by atoms with Crippen LogP contribution >= 0.6 is 0 Å². The topological polar surface area (TPSA) is 38.7 Å². The minimum absolute atomic E-state index is 0.243. The predicted molar refractivity (Wildman–Crippen MR) is 139 cm³/mol. The highest BCUT2D eigenvalue weighted by atomic mass is 28.4. The lowest BCUT2D eigenvalue weighted by Gasteiger charge is -2.29. The highest BCUT2D eigenvalue weighted by Crippen LogP contribution is 2.30. The lowest BCUT2D eigenvalue weighted by Crippen LogP contribution is -2.39. The molecule has 0 atom stereocenters. The van der Waals surface area contributed by atoms with E-state index in [2.05, 4.69) is 71.9 Å². The van der Waals surface area contributed by atoms with Gasteiger partial charge in [0.1, 0.15) is 17.2 Å². The molecule has 0 aliphatic heterocycles. The van der Waals surface area contributed by atoms with Gasteiger partial charge in [-0.05, 0) is 71.7 Å². The van der Waals surface area contributed by atoms with E-state index in [1.807, 2.05) is 12.1 Å². The SMILES string of the molecule is CC[Si](CC)(CC)Oc1ccc(/C=C/c2cc(O)cc(O[Si](CC)(CC)CC)c2)cc1. The van der Waals surface area contributed by atoms with Crippen molar-refractivity contribution in [3.8, 4) is 17.2 Å². The summed E-state index contributed by atoms with van der Waals surface area (Å²) in [7, 11) is -3.42. The maximum absolute atomic E-state index is 10.2. The Bertz CT molecular complexity index is 822. The number of phenols is 1. The van der Waals surface area contributed by atoms with Crippen LogP contribution < -0.4 is 8.85 Å². The van der Waals surface area contributed by atoms with Crippen LogP contribution in [0.4, 0.5) is 0 Å². The first kappa shape index (κ1) is 25.3. The van der Waals surface area contributed by atoms with Crippen molar-refractivity contribution in [2.24, 2.45) is 0 Å². The van der Waals surface area contributed by atoms with Gasteiger partial charge in [-0.15, -0.1) is 0 Å². The molecule has 0 spiro atoms. The van der Waals surface area contributed by atoms with Crippen molar-refractivity contribution in [3.05, 3.63) is 53.6 Å². The Morgan fingerprint density at radius 3 is 1.55 bits per heavy atom. The number of hydrogen-bond acceptors (Lipinski definition) is 3. The van der Waals surface area contributed by atoms with Gasteiger partial charge in [0, 0.05) is 6.07 Å². The summed E-state index contributed by atoms with van der Waals surface area (Å²) < 4.78 is 12.9. The average Bonchev–Trinajstić information content (AvgIpc) is 2.80. The van der Waals surface area contributed by atoms with E-state index in [-0.39, 0.29) is 5.75 Å². The molecule has 0 heterocycles.